The lowest BCUT2D eigenvalue weighted by molar-refractivity contribution is 0.0491. The van der Waals surface area contributed by atoms with E-state index in [1.165, 1.54) is 0 Å². The Morgan fingerprint density at radius 3 is 2.71 bits per heavy atom. The third-order valence-corrected chi connectivity index (χ3v) is 3.79. The van der Waals surface area contributed by atoms with Crippen LogP contribution in [-0.2, 0) is 4.74 Å². The zero-order valence-corrected chi connectivity index (χ0v) is 14.7. The first-order valence-corrected chi connectivity index (χ1v) is 8.14. The van der Waals surface area contributed by atoms with E-state index in [1.807, 2.05) is 17.0 Å². The number of benzene rings is 1. The lowest BCUT2D eigenvalue weighted by Crippen LogP contribution is -2.52. The second-order valence-corrected chi connectivity index (χ2v) is 7.07. The molecule has 0 unspecified atom stereocenters. The fraction of sp³-hybridized carbons (Fsp3) is 0.588. The molecule has 1 saturated heterocycles. The molecule has 134 valence electrons. The first-order chi connectivity index (χ1) is 11.2. The standard InChI is InChI=1S/C17H27FN4O2/c1-17(2,3)24-16(23)21-12-8-11(18)9-22(10-12)14-7-5-6-13(19)15(14)20-4/h5-7,11-12,20H,8-10,19H2,1-4H3,(H,21,23)/t11-,12-/m0/s1. The highest BCUT2D eigenvalue weighted by molar-refractivity contribution is 5.82. The molecule has 0 aromatic heterocycles. The van der Waals surface area contributed by atoms with E-state index >= 15 is 0 Å². The molecule has 1 aromatic rings. The first kappa shape index (κ1) is 18.2. The Hall–Kier alpha value is -2.18. The highest BCUT2D eigenvalue weighted by Gasteiger charge is 2.30. The summed E-state index contributed by atoms with van der Waals surface area (Å²) in [5.74, 6) is 0. The number of nitrogens with one attached hydrogen (secondary N) is 2. The van der Waals surface area contributed by atoms with Crippen molar-refractivity contribution >= 4 is 23.2 Å². The van der Waals surface area contributed by atoms with Gasteiger partial charge in [0.05, 0.1) is 23.1 Å². The second kappa shape index (κ2) is 7.15. The van der Waals surface area contributed by atoms with Gasteiger partial charge in [0.25, 0.3) is 0 Å². The van der Waals surface area contributed by atoms with Crippen LogP contribution in [0.2, 0.25) is 0 Å². The molecule has 0 bridgehead atoms. The van der Waals surface area contributed by atoms with E-state index < -0.39 is 17.9 Å². The van der Waals surface area contributed by atoms with E-state index in [0.29, 0.717) is 12.2 Å². The summed E-state index contributed by atoms with van der Waals surface area (Å²) < 4.78 is 19.5. The predicted octanol–water partition coefficient (Wildman–Crippen LogP) is 2.75. The van der Waals surface area contributed by atoms with Gasteiger partial charge in [-0.2, -0.15) is 0 Å². The van der Waals surface area contributed by atoms with Crippen LogP contribution in [0.5, 0.6) is 0 Å². The Morgan fingerprint density at radius 2 is 2.08 bits per heavy atom. The Balaban J connectivity index is 2.11. The normalized spacial score (nSPS) is 21.3. The molecule has 1 heterocycles. The molecule has 0 aliphatic carbocycles. The Bertz CT molecular complexity index is 588. The molecule has 1 aliphatic rings. The molecule has 24 heavy (non-hydrogen) atoms. The molecule has 0 spiro atoms. The number of alkyl carbamates (subject to hydrolysis) is 1. The number of amides is 1. The van der Waals surface area contributed by atoms with Gasteiger partial charge in [0, 0.05) is 26.6 Å². The average molecular weight is 338 g/mol. The third kappa shape index (κ3) is 4.66. The Kier molecular flexibility index (Phi) is 5.41. The van der Waals surface area contributed by atoms with Gasteiger partial charge < -0.3 is 26.0 Å². The van der Waals surface area contributed by atoms with Gasteiger partial charge in [-0.1, -0.05) is 6.07 Å². The highest BCUT2D eigenvalue weighted by Crippen LogP contribution is 2.33. The van der Waals surface area contributed by atoms with Gasteiger partial charge >= 0.3 is 6.09 Å². The van der Waals surface area contributed by atoms with E-state index in [4.69, 9.17) is 10.5 Å². The summed E-state index contributed by atoms with van der Waals surface area (Å²) in [6.07, 6.45) is -1.29. The molecule has 1 amide bonds. The smallest absolute Gasteiger partial charge is 0.407 e. The van der Waals surface area contributed by atoms with Crippen molar-refractivity contribution in [1.82, 2.24) is 5.32 Å². The molecular weight excluding hydrogens is 311 g/mol. The topological polar surface area (TPSA) is 79.6 Å². The number of hydrogen-bond acceptors (Lipinski definition) is 5. The van der Waals surface area contributed by atoms with Crippen LogP contribution in [0.15, 0.2) is 18.2 Å². The molecule has 4 N–H and O–H groups in total. The average Bonchev–Trinajstić information content (AvgIpc) is 2.44. The van der Waals surface area contributed by atoms with Crippen LogP contribution in [0.3, 0.4) is 0 Å². The number of rotatable bonds is 3. The number of carbonyl (C=O) groups is 1. The third-order valence-electron chi connectivity index (χ3n) is 3.79. The molecule has 0 radical (unpaired) electrons. The van der Waals surface area contributed by atoms with E-state index in [1.54, 1.807) is 33.9 Å². The van der Waals surface area contributed by atoms with Crippen LogP contribution < -0.4 is 21.3 Å². The van der Waals surface area contributed by atoms with Crippen molar-refractivity contribution in [3.63, 3.8) is 0 Å². The van der Waals surface area contributed by atoms with Gasteiger partial charge in [0.1, 0.15) is 11.8 Å². The maximum atomic E-state index is 14.2. The minimum atomic E-state index is -1.04. The number of halogens is 1. The Labute approximate surface area is 142 Å². The van der Waals surface area contributed by atoms with Gasteiger partial charge in [0.2, 0.25) is 0 Å². The first-order valence-electron chi connectivity index (χ1n) is 8.14. The van der Waals surface area contributed by atoms with Gasteiger partial charge in [-0.25, -0.2) is 9.18 Å². The van der Waals surface area contributed by atoms with Gasteiger partial charge in [-0.15, -0.1) is 0 Å². The van der Waals surface area contributed by atoms with E-state index in [0.717, 1.165) is 11.4 Å². The number of alkyl halides is 1. The molecular formula is C17H27FN4O2. The number of carbonyl (C=O) groups excluding carboxylic acids is 1. The van der Waals surface area contributed by atoms with Crippen molar-refractivity contribution in [2.24, 2.45) is 0 Å². The number of hydrogen-bond donors (Lipinski definition) is 3. The van der Waals surface area contributed by atoms with Crippen LogP contribution in [0, 0.1) is 0 Å². The summed E-state index contributed by atoms with van der Waals surface area (Å²) in [5.41, 5.74) is 7.60. The van der Waals surface area contributed by atoms with Crippen LogP contribution in [0.25, 0.3) is 0 Å². The zero-order valence-electron chi connectivity index (χ0n) is 14.7. The summed E-state index contributed by atoms with van der Waals surface area (Å²) in [4.78, 5) is 13.8. The number of ether oxygens (including phenoxy) is 1. The maximum Gasteiger partial charge on any atom is 0.407 e. The SMILES string of the molecule is CNc1c(N)cccc1N1C[C@@H](F)C[C@H](NC(=O)OC(C)(C)C)C1. The Morgan fingerprint density at radius 1 is 1.38 bits per heavy atom. The second-order valence-electron chi connectivity index (χ2n) is 7.07. The van der Waals surface area contributed by atoms with E-state index in [-0.39, 0.29) is 19.0 Å². The van der Waals surface area contributed by atoms with Crippen LogP contribution in [-0.4, -0.2) is 44.0 Å². The predicted molar refractivity (Wildman–Crippen MR) is 95.3 cm³/mol. The number of anilines is 3. The molecule has 1 aliphatic heterocycles. The van der Waals surface area contributed by atoms with Gasteiger partial charge in [-0.05, 0) is 32.9 Å². The van der Waals surface area contributed by atoms with E-state index in [9.17, 15) is 9.18 Å². The molecule has 6 nitrogen and oxygen atoms in total. The van der Waals surface area contributed by atoms with Crippen molar-refractivity contribution in [2.45, 2.75) is 45.0 Å². The molecule has 2 atom stereocenters. The fourth-order valence-electron chi connectivity index (χ4n) is 2.91. The molecule has 7 heteroatoms. The molecule has 2 rings (SSSR count). The van der Waals surface area contributed by atoms with Gasteiger partial charge in [0.15, 0.2) is 0 Å². The summed E-state index contributed by atoms with van der Waals surface area (Å²) in [5, 5.41) is 5.82. The van der Waals surface area contributed by atoms with Crippen molar-refractivity contribution in [3.8, 4) is 0 Å². The number of piperidine rings is 1. The fourth-order valence-corrected chi connectivity index (χ4v) is 2.91. The lowest BCUT2D eigenvalue weighted by atomic mass is 10.0. The summed E-state index contributed by atoms with van der Waals surface area (Å²) in [6.45, 7) is 6.15. The number of nitrogen functional groups attached to an aromatic ring is 1. The van der Waals surface area contributed by atoms with Crippen molar-refractivity contribution < 1.29 is 13.9 Å². The highest BCUT2D eigenvalue weighted by atomic mass is 19.1. The number of nitrogens with zero attached hydrogens (tertiary/aromatic N) is 1. The minimum Gasteiger partial charge on any atom is -0.444 e. The summed E-state index contributed by atoms with van der Waals surface area (Å²) >= 11 is 0. The lowest BCUT2D eigenvalue weighted by Gasteiger charge is -2.37. The largest absolute Gasteiger partial charge is 0.444 e. The van der Waals surface area contributed by atoms with Gasteiger partial charge in [-0.3, -0.25) is 0 Å². The number of nitrogens with two attached hydrogens (primary N) is 1. The molecule has 1 fully saturated rings. The summed E-state index contributed by atoms with van der Waals surface area (Å²) in [7, 11) is 1.78. The van der Waals surface area contributed by atoms with Crippen LogP contribution in [0.1, 0.15) is 27.2 Å². The number of para-hydroxylation sites is 1. The van der Waals surface area contributed by atoms with Crippen LogP contribution in [0.4, 0.5) is 26.2 Å². The van der Waals surface area contributed by atoms with Crippen molar-refractivity contribution in [1.29, 1.82) is 0 Å². The summed E-state index contributed by atoms with van der Waals surface area (Å²) in [6, 6.07) is 5.20. The molecule has 0 saturated carbocycles. The van der Waals surface area contributed by atoms with Crippen molar-refractivity contribution in [2.75, 3.05) is 36.1 Å². The zero-order chi connectivity index (χ0) is 17.9. The van der Waals surface area contributed by atoms with Crippen molar-refractivity contribution in [3.05, 3.63) is 18.2 Å². The van der Waals surface area contributed by atoms with Crippen LogP contribution >= 0.6 is 0 Å². The van der Waals surface area contributed by atoms with E-state index in [2.05, 4.69) is 10.6 Å². The molecule has 1 aromatic carbocycles. The maximum absolute atomic E-state index is 14.2. The minimum absolute atomic E-state index is 0.268. The monoisotopic (exact) mass is 338 g/mol. The quantitative estimate of drug-likeness (QED) is 0.739.